The first kappa shape index (κ1) is 17.6. The highest BCUT2D eigenvalue weighted by Crippen LogP contribution is 2.29. The molecule has 1 aromatic rings. The van der Waals surface area contributed by atoms with Crippen molar-refractivity contribution in [3.8, 4) is 5.75 Å². The summed E-state index contributed by atoms with van der Waals surface area (Å²) in [5, 5.41) is 12.0. The third-order valence-corrected chi connectivity index (χ3v) is 3.90. The van der Waals surface area contributed by atoms with E-state index in [4.69, 9.17) is 21.9 Å². The molecule has 2 rings (SSSR count). The van der Waals surface area contributed by atoms with E-state index in [-0.39, 0.29) is 17.2 Å². The lowest BCUT2D eigenvalue weighted by Crippen LogP contribution is -2.58. The summed E-state index contributed by atoms with van der Waals surface area (Å²) >= 11 is 6.08. The molecule has 1 aliphatic rings. The second kappa shape index (κ2) is 6.80. The van der Waals surface area contributed by atoms with Gasteiger partial charge in [0.05, 0.1) is 11.5 Å². The summed E-state index contributed by atoms with van der Waals surface area (Å²) in [6, 6.07) is 4.89. The first-order valence-corrected chi connectivity index (χ1v) is 7.81. The number of carbonyl (C=O) groups excluding carboxylic acids is 1. The van der Waals surface area contributed by atoms with Crippen LogP contribution in [0.5, 0.6) is 5.75 Å². The lowest BCUT2D eigenvalue weighted by molar-refractivity contribution is -0.121. The Morgan fingerprint density at radius 1 is 1.52 bits per heavy atom. The topological polar surface area (TPSA) is 102 Å². The Bertz CT molecular complexity index is 618. The minimum Gasteiger partial charge on any atom is -0.544 e. The first-order valence-electron chi connectivity index (χ1n) is 7.43. The smallest absolute Gasteiger partial charge is 0.467 e. The average molecular weight is 339 g/mol. The maximum Gasteiger partial charge on any atom is 0.467 e. The number of carbonyl (C=O) groups is 2. The van der Waals surface area contributed by atoms with Gasteiger partial charge in [0.25, 0.3) is 0 Å². The van der Waals surface area contributed by atoms with Gasteiger partial charge in [0, 0.05) is 11.3 Å². The molecule has 4 N–H and O–H groups in total. The molecule has 1 amide bonds. The maximum absolute atomic E-state index is 12.0. The summed E-state index contributed by atoms with van der Waals surface area (Å²) in [7, 11) is -0.795. The zero-order valence-electron chi connectivity index (χ0n) is 13.1. The number of benzene rings is 1. The molecule has 1 aliphatic heterocycles. The molecule has 8 heteroatoms. The van der Waals surface area contributed by atoms with Crippen LogP contribution in [0.4, 0.5) is 0 Å². The lowest BCUT2D eigenvalue weighted by atomic mass is 9.68. The van der Waals surface area contributed by atoms with Crippen LogP contribution in [0.15, 0.2) is 18.2 Å². The van der Waals surface area contributed by atoms with Crippen molar-refractivity contribution in [2.75, 3.05) is 0 Å². The molecular formula is C15H20BClN2O4. The van der Waals surface area contributed by atoms with E-state index >= 15 is 0 Å². The van der Waals surface area contributed by atoms with Crippen molar-refractivity contribution in [3.05, 3.63) is 29.3 Å². The minimum absolute atomic E-state index is 0.0756. The number of carboxylic acids is 1. The summed E-state index contributed by atoms with van der Waals surface area (Å²) in [6.07, 6.45) is 1.26. The summed E-state index contributed by atoms with van der Waals surface area (Å²) in [5.41, 5.74) is 6.73. The molecule has 0 bridgehead atoms. The van der Waals surface area contributed by atoms with Gasteiger partial charge in [-0.05, 0) is 38.3 Å². The van der Waals surface area contributed by atoms with E-state index in [9.17, 15) is 14.7 Å². The quantitative estimate of drug-likeness (QED) is 0.559. The Hall–Kier alpha value is -1.73. The van der Waals surface area contributed by atoms with Crippen LogP contribution in [0, 0.1) is 0 Å². The number of hydrogen-bond acceptors (Lipinski definition) is 4. The molecular weight excluding hydrogens is 318 g/mol. The van der Waals surface area contributed by atoms with E-state index in [1.165, 1.54) is 6.07 Å². The summed E-state index contributed by atoms with van der Waals surface area (Å²) in [6.45, 7) is 3.70. The van der Waals surface area contributed by atoms with Crippen molar-refractivity contribution < 1.29 is 19.3 Å². The van der Waals surface area contributed by atoms with E-state index in [0.29, 0.717) is 19.3 Å². The van der Waals surface area contributed by atoms with Gasteiger partial charge < -0.3 is 20.7 Å². The monoisotopic (exact) mass is 338 g/mol. The summed E-state index contributed by atoms with van der Waals surface area (Å²) in [5.74, 6) is -1.35. The van der Waals surface area contributed by atoms with E-state index in [1.54, 1.807) is 12.1 Å². The molecule has 1 atom stereocenters. The standard InChI is InChI=1S/C15H20BClN2O4/c1-15(2,17)7-6-12(20)19-11-8-9-4-3-5-10(14(21)22)13(9)23-16(11)18/h3-5,11H,6-8,18H2,1-2H3,(H,19,20)(H,21,22)/t11-/m0/s1. The van der Waals surface area contributed by atoms with Crippen LogP contribution in [0.25, 0.3) is 0 Å². The number of nitrogens with one attached hydrogen (secondary N) is 1. The average Bonchev–Trinajstić information content (AvgIpc) is 2.44. The maximum atomic E-state index is 12.0. The molecule has 0 saturated heterocycles. The molecule has 0 radical (unpaired) electrons. The van der Waals surface area contributed by atoms with Crippen molar-refractivity contribution in [2.45, 2.75) is 43.9 Å². The second-order valence-electron chi connectivity index (χ2n) is 6.28. The van der Waals surface area contributed by atoms with Crippen molar-refractivity contribution >= 4 is 30.5 Å². The van der Waals surface area contributed by atoms with Crippen LogP contribution in [-0.2, 0) is 11.2 Å². The number of hydrogen-bond donors (Lipinski definition) is 3. The van der Waals surface area contributed by atoms with Crippen molar-refractivity contribution in [1.29, 1.82) is 0 Å². The number of halogens is 1. The van der Waals surface area contributed by atoms with E-state index in [2.05, 4.69) is 5.32 Å². The Kier molecular flexibility index (Phi) is 5.21. The number of amides is 1. The van der Waals surface area contributed by atoms with Crippen molar-refractivity contribution in [2.24, 2.45) is 5.64 Å². The van der Waals surface area contributed by atoms with Gasteiger partial charge in [0.15, 0.2) is 0 Å². The highest BCUT2D eigenvalue weighted by atomic mass is 35.5. The van der Waals surface area contributed by atoms with Crippen molar-refractivity contribution in [1.82, 2.24) is 5.32 Å². The summed E-state index contributed by atoms with van der Waals surface area (Å²) < 4.78 is 5.54. The van der Waals surface area contributed by atoms with Crippen LogP contribution < -0.4 is 15.6 Å². The zero-order chi connectivity index (χ0) is 17.2. The van der Waals surface area contributed by atoms with Gasteiger partial charge in [0.2, 0.25) is 5.91 Å². The van der Waals surface area contributed by atoms with Gasteiger partial charge in [-0.2, -0.15) is 0 Å². The fraction of sp³-hybridized carbons (Fsp3) is 0.467. The van der Waals surface area contributed by atoms with E-state index in [1.807, 2.05) is 13.8 Å². The molecule has 124 valence electrons. The SMILES string of the molecule is CC(C)(Cl)CCC(=O)N[C@H]1Cc2cccc(C(=O)O)c2OB1N. The van der Waals surface area contributed by atoms with Gasteiger partial charge >= 0.3 is 13.0 Å². The Morgan fingerprint density at radius 2 is 2.22 bits per heavy atom. The number of rotatable bonds is 5. The van der Waals surface area contributed by atoms with Crippen LogP contribution in [-0.4, -0.2) is 34.8 Å². The molecule has 0 aromatic heterocycles. The predicted octanol–water partition coefficient (Wildman–Crippen LogP) is 1.59. The predicted molar refractivity (Wildman–Crippen MR) is 88.8 cm³/mol. The number of nitrogens with two attached hydrogens (primary N) is 1. The molecule has 1 aromatic carbocycles. The Balaban J connectivity index is 2.06. The van der Waals surface area contributed by atoms with Crippen LogP contribution in [0.2, 0.25) is 0 Å². The largest absolute Gasteiger partial charge is 0.544 e. The van der Waals surface area contributed by atoms with Crippen LogP contribution in [0.3, 0.4) is 0 Å². The van der Waals surface area contributed by atoms with E-state index < -0.39 is 23.8 Å². The van der Waals surface area contributed by atoms with Gasteiger partial charge in [-0.3, -0.25) is 4.79 Å². The number of fused-ring (bicyclic) bond motifs is 1. The van der Waals surface area contributed by atoms with Gasteiger partial charge in [-0.15, -0.1) is 11.6 Å². The fourth-order valence-electron chi connectivity index (χ4n) is 2.45. The van der Waals surface area contributed by atoms with Gasteiger partial charge in [-0.25, -0.2) is 4.79 Å². The van der Waals surface area contributed by atoms with Gasteiger partial charge in [0.1, 0.15) is 5.75 Å². The summed E-state index contributed by atoms with van der Waals surface area (Å²) in [4.78, 5) is 22.8. The first-order chi connectivity index (χ1) is 10.7. The molecule has 1 heterocycles. The Morgan fingerprint density at radius 3 is 2.83 bits per heavy atom. The Labute approximate surface area is 140 Å². The van der Waals surface area contributed by atoms with Crippen molar-refractivity contribution in [3.63, 3.8) is 0 Å². The lowest BCUT2D eigenvalue weighted by Gasteiger charge is -2.30. The molecule has 0 unspecified atom stereocenters. The highest BCUT2D eigenvalue weighted by molar-refractivity contribution is 6.51. The third kappa shape index (κ3) is 4.62. The molecule has 0 aliphatic carbocycles. The molecule has 0 fully saturated rings. The molecule has 6 nitrogen and oxygen atoms in total. The number of aromatic carboxylic acids is 1. The van der Waals surface area contributed by atoms with Crippen LogP contribution in [0.1, 0.15) is 42.6 Å². The number of para-hydroxylation sites is 1. The second-order valence-corrected chi connectivity index (χ2v) is 7.30. The number of alkyl halides is 1. The molecule has 23 heavy (non-hydrogen) atoms. The molecule has 0 spiro atoms. The molecule has 0 saturated carbocycles. The van der Waals surface area contributed by atoms with Gasteiger partial charge in [-0.1, -0.05) is 12.1 Å². The van der Waals surface area contributed by atoms with Crippen LogP contribution >= 0.6 is 11.6 Å². The number of carboxylic acid groups (broad SMARTS) is 1. The van der Waals surface area contributed by atoms with E-state index in [0.717, 1.165) is 5.56 Å². The zero-order valence-corrected chi connectivity index (χ0v) is 13.9. The fourth-order valence-corrected chi connectivity index (χ4v) is 2.54. The normalized spacial score (nSPS) is 17.2. The third-order valence-electron chi connectivity index (χ3n) is 3.71. The minimum atomic E-state index is -1.07. The highest BCUT2D eigenvalue weighted by Gasteiger charge is 2.35.